The number of benzene rings is 2. The monoisotopic (exact) mass is 424 g/mol. The molecule has 0 radical (unpaired) electrons. The molecule has 0 fully saturated rings. The van der Waals surface area contributed by atoms with Crippen LogP contribution in [-0.4, -0.2) is 39.0 Å². The number of hydrogen-bond acceptors (Lipinski definition) is 6. The molecule has 1 unspecified atom stereocenters. The molecule has 1 atom stereocenters. The van der Waals surface area contributed by atoms with Crippen molar-refractivity contribution in [3.8, 4) is 5.69 Å². The molecule has 0 aliphatic heterocycles. The Morgan fingerprint density at radius 2 is 1.77 bits per heavy atom. The Morgan fingerprint density at radius 1 is 1.07 bits per heavy atom. The molecule has 0 bridgehead atoms. The third-order valence-electron chi connectivity index (χ3n) is 4.64. The van der Waals surface area contributed by atoms with Crippen LogP contribution < -0.4 is 5.32 Å². The normalized spacial score (nSPS) is 11.8. The Bertz CT molecular complexity index is 1080. The number of amides is 1. The Kier molecular flexibility index (Phi) is 6.56. The molecular formula is C22H24N4O3S. The molecule has 0 saturated heterocycles. The van der Waals surface area contributed by atoms with Gasteiger partial charge in [0.2, 0.25) is 0 Å². The van der Waals surface area contributed by atoms with Crippen molar-refractivity contribution < 1.29 is 14.3 Å². The molecular weight excluding hydrogens is 400 g/mol. The third kappa shape index (κ3) is 4.71. The van der Waals surface area contributed by atoms with Crippen LogP contribution in [0.25, 0.3) is 5.69 Å². The molecule has 1 amide bonds. The molecule has 3 rings (SSSR count). The van der Waals surface area contributed by atoms with Crippen LogP contribution >= 0.6 is 11.8 Å². The quantitative estimate of drug-likeness (QED) is 0.474. The number of carbonyl (C=O) groups excluding carboxylic acids is 2. The smallest absolute Gasteiger partial charge is 0.338 e. The van der Waals surface area contributed by atoms with Crippen LogP contribution in [0.5, 0.6) is 0 Å². The molecule has 7 nitrogen and oxygen atoms in total. The molecule has 3 aromatic rings. The van der Waals surface area contributed by atoms with Crippen LogP contribution in [0.4, 0.5) is 5.69 Å². The molecule has 30 heavy (non-hydrogen) atoms. The van der Waals surface area contributed by atoms with Crippen LogP contribution in [0.15, 0.2) is 47.6 Å². The van der Waals surface area contributed by atoms with Crippen LogP contribution in [0.1, 0.15) is 34.2 Å². The molecule has 0 spiro atoms. The average molecular weight is 425 g/mol. The Hall–Kier alpha value is -3.13. The highest BCUT2D eigenvalue weighted by molar-refractivity contribution is 7.98. The second-order valence-corrected chi connectivity index (χ2v) is 7.74. The summed E-state index contributed by atoms with van der Waals surface area (Å²) in [5.41, 5.74) is 3.90. The number of esters is 1. The minimum absolute atomic E-state index is 0.363. The number of thioether (sulfide) groups is 1. The zero-order chi connectivity index (χ0) is 21.8. The predicted octanol–water partition coefficient (Wildman–Crippen LogP) is 4.10. The van der Waals surface area contributed by atoms with Crippen LogP contribution in [0.2, 0.25) is 0 Å². The topological polar surface area (TPSA) is 86.1 Å². The van der Waals surface area contributed by atoms with E-state index >= 15 is 0 Å². The number of hydrogen-bond donors (Lipinski definition) is 1. The highest BCUT2D eigenvalue weighted by Gasteiger charge is 2.20. The number of aryl methyl sites for hydroxylation is 3. The van der Waals surface area contributed by atoms with Gasteiger partial charge in [0.05, 0.1) is 5.56 Å². The SMILES string of the molecule is CSc1nnc(C)n1-c1ccc(C(=O)OC(C)C(=O)Nc2cc(C)ccc2C)cc1. The summed E-state index contributed by atoms with van der Waals surface area (Å²) >= 11 is 1.49. The van der Waals surface area contributed by atoms with E-state index in [-0.39, 0.29) is 5.91 Å². The second kappa shape index (κ2) is 9.13. The molecule has 8 heteroatoms. The summed E-state index contributed by atoms with van der Waals surface area (Å²) in [6.45, 7) is 7.28. The number of aromatic nitrogens is 3. The van der Waals surface area contributed by atoms with E-state index in [0.29, 0.717) is 11.3 Å². The van der Waals surface area contributed by atoms with Crippen molar-refractivity contribution in [3.05, 3.63) is 65.0 Å². The fourth-order valence-corrected chi connectivity index (χ4v) is 3.45. The van der Waals surface area contributed by atoms with Crippen molar-refractivity contribution in [2.45, 2.75) is 39.0 Å². The molecule has 156 valence electrons. The highest BCUT2D eigenvalue weighted by atomic mass is 32.2. The molecule has 0 saturated carbocycles. The lowest BCUT2D eigenvalue weighted by Crippen LogP contribution is -2.30. The summed E-state index contributed by atoms with van der Waals surface area (Å²) < 4.78 is 7.26. The molecule has 1 N–H and O–H groups in total. The zero-order valence-corrected chi connectivity index (χ0v) is 18.4. The van der Waals surface area contributed by atoms with Crippen molar-refractivity contribution in [1.29, 1.82) is 0 Å². The maximum Gasteiger partial charge on any atom is 0.338 e. The number of nitrogens with zero attached hydrogens (tertiary/aromatic N) is 3. The van der Waals surface area contributed by atoms with Gasteiger partial charge in [0, 0.05) is 11.4 Å². The maximum absolute atomic E-state index is 12.5. The average Bonchev–Trinajstić information content (AvgIpc) is 3.11. The van der Waals surface area contributed by atoms with E-state index < -0.39 is 12.1 Å². The lowest BCUT2D eigenvalue weighted by atomic mass is 10.1. The van der Waals surface area contributed by atoms with E-state index in [1.807, 2.05) is 49.8 Å². The first-order valence-electron chi connectivity index (χ1n) is 9.45. The fraction of sp³-hybridized carbons (Fsp3) is 0.273. The molecule has 0 aliphatic rings. The van der Waals surface area contributed by atoms with Gasteiger partial charge in [0.25, 0.3) is 5.91 Å². The molecule has 1 aromatic heterocycles. The van der Waals surface area contributed by atoms with E-state index in [4.69, 9.17) is 4.74 Å². The van der Waals surface area contributed by atoms with Crippen LogP contribution in [0.3, 0.4) is 0 Å². The number of anilines is 1. The summed E-state index contributed by atoms with van der Waals surface area (Å²) in [6.07, 6.45) is 0.997. The first-order valence-corrected chi connectivity index (χ1v) is 10.7. The summed E-state index contributed by atoms with van der Waals surface area (Å²) in [5, 5.41) is 11.8. The van der Waals surface area contributed by atoms with Crippen LogP contribution in [-0.2, 0) is 9.53 Å². The molecule has 2 aromatic carbocycles. The van der Waals surface area contributed by atoms with Crippen molar-refractivity contribution >= 4 is 29.3 Å². The van der Waals surface area contributed by atoms with Gasteiger partial charge in [-0.25, -0.2) is 4.79 Å². The van der Waals surface area contributed by atoms with E-state index in [2.05, 4.69) is 15.5 Å². The lowest BCUT2D eigenvalue weighted by molar-refractivity contribution is -0.123. The Labute approximate surface area is 179 Å². The standard InChI is InChI=1S/C22H24N4O3S/c1-13-6-7-14(2)19(12-13)23-20(27)15(3)29-21(28)17-8-10-18(11-9-17)26-16(4)24-25-22(26)30-5/h6-12,15H,1-5H3,(H,23,27). The van der Waals surface area contributed by atoms with Gasteiger partial charge in [-0.2, -0.15) is 0 Å². The number of nitrogens with one attached hydrogen (secondary N) is 1. The van der Waals surface area contributed by atoms with Gasteiger partial charge in [0.1, 0.15) is 5.82 Å². The Balaban J connectivity index is 1.67. The summed E-state index contributed by atoms with van der Waals surface area (Å²) in [5.74, 6) is -0.180. The second-order valence-electron chi connectivity index (χ2n) is 6.97. The number of carbonyl (C=O) groups is 2. The first-order chi connectivity index (χ1) is 14.3. The van der Waals surface area contributed by atoms with E-state index in [9.17, 15) is 9.59 Å². The minimum atomic E-state index is -0.930. The van der Waals surface area contributed by atoms with Gasteiger partial charge < -0.3 is 10.1 Å². The van der Waals surface area contributed by atoms with Crippen molar-refractivity contribution in [3.63, 3.8) is 0 Å². The van der Waals surface area contributed by atoms with Gasteiger partial charge in [0.15, 0.2) is 11.3 Å². The maximum atomic E-state index is 12.5. The van der Waals surface area contributed by atoms with Crippen molar-refractivity contribution in [1.82, 2.24) is 14.8 Å². The van der Waals surface area contributed by atoms with Crippen molar-refractivity contribution in [2.75, 3.05) is 11.6 Å². The van der Waals surface area contributed by atoms with Gasteiger partial charge in [-0.15, -0.1) is 10.2 Å². The lowest BCUT2D eigenvalue weighted by Gasteiger charge is -2.15. The van der Waals surface area contributed by atoms with Gasteiger partial charge in [-0.3, -0.25) is 9.36 Å². The zero-order valence-electron chi connectivity index (χ0n) is 17.6. The van der Waals surface area contributed by atoms with Crippen LogP contribution in [0, 0.1) is 20.8 Å². The van der Waals surface area contributed by atoms with E-state index in [0.717, 1.165) is 27.8 Å². The summed E-state index contributed by atoms with van der Waals surface area (Å²) in [6, 6.07) is 12.7. The summed E-state index contributed by atoms with van der Waals surface area (Å²) in [4.78, 5) is 24.9. The largest absolute Gasteiger partial charge is 0.449 e. The highest BCUT2D eigenvalue weighted by Crippen LogP contribution is 2.21. The molecule has 1 heterocycles. The number of ether oxygens (including phenoxy) is 1. The van der Waals surface area contributed by atoms with E-state index in [1.54, 1.807) is 31.2 Å². The van der Waals surface area contributed by atoms with Gasteiger partial charge in [-0.1, -0.05) is 23.9 Å². The fourth-order valence-electron chi connectivity index (χ4n) is 2.91. The number of rotatable bonds is 6. The predicted molar refractivity (Wildman–Crippen MR) is 117 cm³/mol. The van der Waals surface area contributed by atoms with E-state index in [1.165, 1.54) is 11.8 Å². The third-order valence-corrected chi connectivity index (χ3v) is 5.27. The van der Waals surface area contributed by atoms with Gasteiger partial charge in [-0.05, 0) is 75.4 Å². The minimum Gasteiger partial charge on any atom is -0.449 e. The Morgan fingerprint density at radius 3 is 2.43 bits per heavy atom. The molecule has 0 aliphatic carbocycles. The first kappa shape index (κ1) is 21.6. The van der Waals surface area contributed by atoms with Crippen molar-refractivity contribution in [2.24, 2.45) is 0 Å². The summed E-state index contributed by atoms with van der Waals surface area (Å²) in [7, 11) is 0. The van der Waals surface area contributed by atoms with Gasteiger partial charge >= 0.3 is 5.97 Å².